The van der Waals surface area contributed by atoms with Gasteiger partial charge in [0.1, 0.15) is 5.69 Å². The first-order chi connectivity index (χ1) is 9.48. The molecule has 1 N–H and O–H groups in total. The fourth-order valence-electron chi connectivity index (χ4n) is 1.69. The topological polar surface area (TPSA) is 72.7 Å². The van der Waals surface area contributed by atoms with Gasteiger partial charge < -0.3 is 9.88 Å². The maximum Gasteiger partial charge on any atom is 0.225 e. The number of aromatic nitrogens is 4. The van der Waals surface area contributed by atoms with Crippen LogP contribution < -0.4 is 5.32 Å². The summed E-state index contributed by atoms with van der Waals surface area (Å²) < 4.78 is 1.95. The van der Waals surface area contributed by atoms with Gasteiger partial charge >= 0.3 is 0 Å². The molecule has 0 aliphatic rings. The van der Waals surface area contributed by atoms with Crippen LogP contribution in [0.4, 0.5) is 0 Å². The number of imidazole rings is 1. The highest BCUT2D eigenvalue weighted by Gasteiger charge is 2.20. The van der Waals surface area contributed by atoms with E-state index in [4.69, 9.17) is 0 Å². The van der Waals surface area contributed by atoms with Crippen LogP contribution in [0.1, 0.15) is 20.8 Å². The monoisotopic (exact) mass is 273 g/mol. The van der Waals surface area contributed by atoms with Crippen molar-refractivity contribution in [3.63, 3.8) is 0 Å². The molecule has 0 atom stereocenters. The zero-order valence-electron chi connectivity index (χ0n) is 12.0. The quantitative estimate of drug-likeness (QED) is 0.916. The molecule has 0 spiro atoms. The summed E-state index contributed by atoms with van der Waals surface area (Å²) >= 11 is 0. The van der Waals surface area contributed by atoms with E-state index < -0.39 is 0 Å². The number of hydrogen-bond acceptors (Lipinski definition) is 4. The molecule has 0 bridgehead atoms. The number of carbonyl (C=O) groups excluding carboxylic acids is 1. The van der Waals surface area contributed by atoms with E-state index in [1.807, 2.05) is 31.5 Å². The highest BCUT2D eigenvalue weighted by Crippen LogP contribution is 2.14. The average molecular weight is 273 g/mol. The van der Waals surface area contributed by atoms with Gasteiger partial charge in [0, 0.05) is 43.3 Å². The summed E-state index contributed by atoms with van der Waals surface area (Å²) in [4.78, 5) is 24.3. The molecule has 106 valence electrons. The molecule has 2 rings (SSSR count). The van der Waals surface area contributed by atoms with E-state index in [0.717, 1.165) is 11.5 Å². The number of rotatable bonds is 4. The molecule has 0 aliphatic carbocycles. The van der Waals surface area contributed by atoms with Crippen molar-refractivity contribution in [3.8, 4) is 11.5 Å². The highest BCUT2D eigenvalue weighted by atomic mass is 16.2. The molecule has 6 heteroatoms. The van der Waals surface area contributed by atoms with Crippen molar-refractivity contribution < 1.29 is 4.79 Å². The first kappa shape index (κ1) is 14.2. The molecule has 0 radical (unpaired) electrons. The third-order valence-electron chi connectivity index (χ3n) is 2.83. The van der Waals surface area contributed by atoms with Gasteiger partial charge in [-0.05, 0) is 0 Å². The van der Waals surface area contributed by atoms with E-state index in [1.165, 1.54) is 0 Å². The zero-order valence-corrected chi connectivity index (χ0v) is 12.0. The second-order valence-corrected chi connectivity index (χ2v) is 5.54. The summed E-state index contributed by atoms with van der Waals surface area (Å²) in [7, 11) is 0. The Morgan fingerprint density at radius 2 is 2.05 bits per heavy atom. The van der Waals surface area contributed by atoms with Gasteiger partial charge in [-0.1, -0.05) is 20.8 Å². The van der Waals surface area contributed by atoms with E-state index in [0.29, 0.717) is 13.1 Å². The van der Waals surface area contributed by atoms with Gasteiger partial charge in [0.15, 0.2) is 5.82 Å². The number of hydrogen-bond donors (Lipinski definition) is 1. The standard InChI is InChI=1S/C14H19N5O/c1-14(2,3)13(20)18-7-9-19-8-6-17-12(19)11-10-15-4-5-16-11/h4-6,8,10H,7,9H2,1-3H3,(H,18,20). The Balaban J connectivity index is 1.99. The first-order valence-corrected chi connectivity index (χ1v) is 6.54. The van der Waals surface area contributed by atoms with E-state index in [2.05, 4.69) is 20.3 Å². The Hall–Kier alpha value is -2.24. The molecular formula is C14H19N5O. The molecule has 1 amide bonds. The molecule has 2 aromatic heterocycles. The Morgan fingerprint density at radius 1 is 1.25 bits per heavy atom. The first-order valence-electron chi connectivity index (χ1n) is 6.54. The molecular weight excluding hydrogens is 254 g/mol. The van der Waals surface area contributed by atoms with Crippen LogP contribution in [0.25, 0.3) is 11.5 Å². The summed E-state index contributed by atoms with van der Waals surface area (Å²) in [6.07, 6.45) is 8.52. The highest BCUT2D eigenvalue weighted by molar-refractivity contribution is 5.81. The van der Waals surface area contributed by atoms with Crippen LogP contribution >= 0.6 is 0 Å². The summed E-state index contributed by atoms with van der Waals surface area (Å²) in [6, 6.07) is 0. The van der Waals surface area contributed by atoms with E-state index >= 15 is 0 Å². The number of nitrogens with one attached hydrogen (secondary N) is 1. The third kappa shape index (κ3) is 3.40. The molecule has 0 aromatic carbocycles. The minimum Gasteiger partial charge on any atom is -0.354 e. The van der Waals surface area contributed by atoms with Crippen molar-refractivity contribution in [1.29, 1.82) is 0 Å². The van der Waals surface area contributed by atoms with Gasteiger partial charge in [0.25, 0.3) is 0 Å². The van der Waals surface area contributed by atoms with Crippen LogP contribution in [-0.4, -0.2) is 32.0 Å². The van der Waals surface area contributed by atoms with Gasteiger partial charge in [-0.25, -0.2) is 9.97 Å². The van der Waals surface area contributed by atoms with Crippen LogP contribution in [0.5, 0.6) is 0 Å². The molecule has 0 fully saturated rings. The van der Waals surface area contributed by atoms with Crippen molar-refractivity contribution in [3.05, 3.63) is 31.0 Å². The second kappa shape index (κ2) is 5.81. The van der Waals surface area contributed by atoms with Gasteiger partial charge in [-0.3, -0.25) is 9.78 Å². The van der Waals surface area contributed by atoms with Crippen LogP contribution in [0.3, 0.4) is 0 Å². The van der Waals surface area contributed by atoms with Gasteiger partial charge in [-0.15, -0.1) is 0 Å². The van der Waals surface area contributed by atoms with Gasteiger partial charge in [-0.2, -0.15) is 0 Å². The lowest BCUT2D eigenvalue weighted by Crippen LogP contribution is -2.36. The maximum absolute atomic E-state index is 11.8. The normalized spacial score (nSPS) is 11.3. The van der Waals surface area contributed by atoms with E-state index in [1.54, 1.807) is 24.8 Å². The molecule has 0 aliphatic heterocycles. The Kier molecular flexibility index (Phi) is 4.12. The third-order valence-corrected chi connectivity index (χ3v) is 2.83. The van der Waals surface area contributed by atoms with Crippen molar-refractivity contribution in [1.82, 2.24) is 24.8 Å². The Morgan fingerprint density at radius 3 is 2.70 bits per heavy atom. The summed E-state index contributed by atoms with van der Waals surface area (Å²) in [6.45, 7) is 6.88. The van der Waals surface area contributed by atoms with Crippen LogP contribution in [0.15, 0.2) is 31.0 Å². The average Bonchev–Trinajstić information content (AvgIpc) is 2.87. The van der Waals surface area contributed by atoms with Crippen molar-refractivity contribution in [2.24, 2.45) is 5.41 Å². The van der Waals surface area contributed by atoms with E-state index in [-0.39, 0.29) is 11.3 Å². The van der Waals surface area contributed by atoms with Crippen LogP contribution in [0.2, 0.25) is 0 Å². The number of carbonyl (C=O) groups is 1. The predicted octanol–water partition coefficient (Wildman–Crippen LogP) is 1.50. The lowest BCUT2D eigenvalue weighted by Gasteiger charge is -2.18. The second-order valence-electron chi connectivity index (χ2n) is 5.54. The predicted molar refractivity (Wildman–Crippen MR) is 75.7 cm³/mol. The summed E-state index contributed by atoms with van der Waals surface area (Å²) in [5, 5.41) is 2.92. The fraction of sp³-hybridized carbons (Fsp3) is 0.429. The molecule has 0 unspecified atom stereocenters. The lowest BCUT2D eigenvalue weighted by molar-refractivity contribution is -0.128. The summed E-state index contributed by atoms with van der Waals surface area (Å²) in [5.41, 5.74) is 0.350. The fourth-order valence-corrected chi connectivity index (χ4v) is 1.69. The Labute approximate surface area is 118 Å². The van der Waals surface area contributed by atoms with Crippen LogP contribution in [-0.2, 0) is 11.3 Å². The molecule has 20 heavy (non-hydrogen) atoms. The summed E-state index contributed by atoms with van der Waals surface area (Å²) in [5.74, 6) is 0.793. The van der Waals surface area contributed by atoms with E-state index in [9.17, 15) is 4.79 Å². The Bertz CT molecular complexity index is 571. The zero-order chi connectivity index (χ0) is 14.6. The SMILES string of the molecule is CC(C)(C)C(=O)NCCn1ccnc1-c1cnccn1. The largest absolute Gasteiger partial charge is 0.354 e. The number of amides is 1. The number of nitrogens with zero attached hydrogens (tertiary/aromatic N) is 4. The minimum atomic E-state index is -0.372. The smallest absolute Gasteiger partial charge is 0.225 e. The molecule has 6 nitrogen and oxygen atoms in total. The van der Waals surface area contributed by atoms with Crippen molar-refractivity contribution in [2.45, 2.75) is 27.3 Å². The maximum atomic E-state index is 11.8. The van der Waals surface area contributed by atoms with Crippen LogP contribution in [0, 0.1) is 5.41 Å². The minimum absolute atomic E-state index is 0.0404. The van der Waals surface area contributed by atoms with Crippen molar-refractivity contribution in [2.75, 3.05) is 6.54 Å². The lowest BCUT2D eigenvalue weighted by atomic mass is 9.96. The van der Waals surface area contributed by atoms with Crippen molar-refractivity contribution >= 4 is 5.91 Å². The molecule has 2 heterocycles. The van der Waals surface area contributed by atoms with Gasteiger partial charge in [0.2, 0.25) is 5.91 Å². The molecule has 0 saturated heterocycles. The molecule has 0 saturated carbocycles. The molecule has 2 aromatic rings. The van der Waals surface area contributed by atoms with Gasteiger partial charge in [0.05, 0.1) is 6.20 Å².